The predicted molar refractivity (Wildman–Crippen MR) is 104 cm³/mol. The summed E-state index contributed by atoms with van der Waals surface area (Å²) in [6.45, 7) is 1.87. The van der Waals surface area contributed by atoms with E-state index >= 15 is 0 Å². The minimum absolute atomic E-state index is 0.166. The second-order valence-corrected chi connectivity index (χ2v) is 7.65. The molecule has 0 radical (unpaired) electrons. The highest BCUT2D eigenvalue weighted by atomic mass is 32.2. The van der Waals surface area contributed by atoms with Gasteiger partial charge in [-0.25, -0.2) is 14.5 Å². The molecule has 1 atom stereocenters. The number of fused-ring (bicyclic) bond motifs is 1. The van der Waals surface area contributed by atoms with E-state index < -0.39 is 23.9 Å². The monoisotopic (exact) mass is 422 g/mol. The van der Waals surface area contributed by atoms with Crippen molar-refractivity contribution in [2.75, 3.05) is 6.54 Å². The van der Waals surface area contributed by atoms with Gasteiger partial charge in [0.1, 0.15) is 12.4 Å². The van der Waals surface area contributed by atoms with Gasteiger partial charge >= 0.3 is 6.18 Å². The van der Waals surface area contributed by atoms with Crippen molar-refractivity contribution in [3.63, 3.8) is 0 Å². The molecule has 0 bridgehead atoms. The number of alkyl halides is 3. The van der Waals surface area contributed by atoms with Crippen LogP contribution in [0.1, 0.15) is 12.5 Å². The van der Waals surface area contributed by atoms with Crippen molar-refractivity contribution in [3.8, 4) is 5.82 Å². The smallest absolute Gasteiger partial charge is 0.346 e. The number of hydrogen-bond acceptors (Lipinski definition) is 5. The van der Waals surface area contributed by atoms with Crippen LogP contribution in [0.5, 0.6) is 0 Å². The number of nitrogens with zero attached hydrogens (tertiary/aromatic N) is 3. The Balaban J connectivity index is 2.02. The molecule has 2 aromatic heterocycles. The molecule has 1 amide bonds. The van der Waals surface area contributed by atoms with Gasteiger partial charge in [-0.05, 0) is 37.6 Å². The van der Waals surface area contributed by atoms with Crippen molar-refractivity contribution in [3.05, 3.63) is 58.5 Å². The van der Waals surface area contributed by atoms with Crippen LogP contribution in [0.3, 0.4) is 0 Å². The van der Waals surface area contributed by atoms with Crippen molar-refractivity contribution < 1.29 is 18.0 Å². The van der Waals surface area contributed by atoms with Crippen molar-refractivity contribution in [1.82, 2.24) is 19.9 Å². The summed E-state index contributed by atoms with van der Waals surface area (Å²) in [6, 6.07) is 10.1. The first-order valence-electron chi connectivity index (χ1n) is 8.61. The molecular formula is C19H17F3N4O2S. The fraction of sp³-hybridized carbons (Fsp3) is 0.263. The van der Waals surface area contributed by atoms with Crippen LogP contribution in [0.15, 0.2) is 52.5 Å². The maximum atomic E-state index is 13.1. The fourth-order valence-electron chi connectivity index (χ4n) is 2.53. The Bertz CT molecular complexity index is 1100. The Hall–Kier alpha value is -2.88. The second-order valence-electron chi connectivity index (χ2n) is 6.34. The summed E-state index contributed by atoms with van der Waals surface area (Å²) < 4.78 is 38.4. The summed E-state index contributed by atoms with van der Waals surface area (Å²) in [6.07, 6.45) is -2.92. The fourth-order valence-corrected chi connectivity index (χ4v) is 3.47. The van der Waals surface area contributed by atoms with Crippen LogP contribution in [0.4, 0.5) is 13.2 Å². The van der Waals surface area contributed by atoms with E-state index in [9.17, 15) is 22.8 Å². The van der Waals surface area contributed by atoms with Gasteiger partial charge in [0.2, 0.25) is 5.91 Å². The molecule has 1 unspecified atom stereocenters. The zero-order valence-electron chi connectivity index (χ0n) is 15.5. The number of pyridine rings is 1. The van der Waals surface area contributed by atoms with Crippen LogP contribution >= 0.6 is 11.8 Å². The molecule has 0 aliphatic carbocycles. The Kier molecular flexibility index (Phi) is 5.92. The number of amides is 1. The third-order valence-corrected chi connectivity index (χ3v) is 5.04. The van der Waals surface area contributed by atoms with Crippen LogP contribution in [0.2, 0.25) is 0 Å². The number of rotatable bonds is 5. The first-order chi connectivity index (χ1) is 13.7. The molecule has 152 valence electrons. The van der Waals surface area contributed by atoms with Crippen LogP contribution in [0.25, 0.3) is 16.7 Å². The van der Waals surface area contributed by atoms with E-state index in [1.54, 1.807) is 42.6 Å². The Morgan fingerprint density at radius 3 is 2.62 bits per heavy atom. The Labute approximate surface area is 168 Å². The number of thioether (sulfide) groups is 1. The summed E-state index contributed by atoms with van der Waals surface area (Å²) in [5.41, 5.74) is 0.938. The van der Waals surface area contributed by atoms with E-state index in [2.05, 4.69) is 9.97 Å². The summed E-state index contributed by atoms with van der Waals surface area (Å²) >= 11 is 0.889. The Morgan fingerprint density at radius 2 is 1.97 bits per heavy atom. The Morgan fingerprint density at radius 1 is 1.24 bits per heavy atom. The highest BCUT2D eigenvalue weighted by molar-refractivity contribution is 8.00. The molecular weight excluding hydrogens is 405 g/mol. The van der Waals surface area contributed by atoms with E-state index in [-0.39, 0.29) is 10.7 Å². The van der Waals surface area contributed by atoms with E-state index in [0.29, 0.717) is 16.7 Å². The van der Waals surface area contributed by atoms with Gasteiger partial charge in [-0.2, -0.15) is 13.2 Å². The molecule has 6 nitrogen and oxygen atoms in total. The van der Waals surface area contributed by atoms with Crippen molar-refractivity contribution in [2.24, 2.45) is 0 Å². The predicted octanol–water partition coefficient (Wildman–Crippen LogP) is 3.25. The quantitative estimate of drug-likeness (QED) is 0.505. The molecule has 3 rings (SSSR count). The first-order valence-corrected chi connectivity index (χ1v) is 9.49. The standard InChI is InChI=1S/C19H17F3N4O2S/c1-11-7-8-15(23-9-11)26-17(28)13-5-3-4-6-14(13)25-18(26)29-12(2)16(27)24-10-19(20,21)22/h3-9,12H,10H2,1-2H3,(H,24,27). The minimum atomic E-state index is -4.50. The highest BCUT2D eigenvalue weighted by Crippen LogP contribution is 2.25. The number of para-hydroxylation sites is 1. The van der Waals surface area contributed by atoms with Gasteiger partial charge in [-0.3, -0.25) is 9.59 Å². The van der Waals surface area contributed by atoms with Crippen LogP contribution < -0.4 is 10.9 Å². The number of carbonyl (C=O) groups is 1. The summed E-state index contributed by atoms with van der Waals surface area (Å²) in [7, 11) is 0. The van der Waals surface area contributed by atoms with E-state index in [1.165, 1.54) is 11.5 Å². The molecule has 2 heterocycles. The number of carbonyl (C=O) groups excluding carboxylic acids is 1. The van der Waals surface area contributed by atoms with Crippen LogP contribution in [0, 0.1) is 6.92 Å². The maximum Gasteiger partial charge on any atom is 0.405 e. The van der Waals surface area contributed by atoms with Gasteiger partial charge in [-0.1, -0.05) is 30.0 Å². The number of halogens is 3. The molecule has 10 heteroatoms. The van der Waals surface area contributed by atoms with Gasteiger partial charge in [0.25, 0.3) is 5.56 Å². The summed E-state index contributed by atoms with van der Waals surface area (Å²) in [4.78, 5) is 33.8. The summed E-state index contributed by atoms with van der Waals surface area (Å²) in [5.74, 6) is -0.498. The normalized spacial score (nSPS) is 12.7. The number of nitrogens with one attached hydrogen (secondary N) is 1. The SMILES string of the molecule is Cc1ccc(-n2c(SC(C)C(=O)NCC(F)(F)F)nc3ccccc3c2=O)nc1. The lowest BCUT2D eigenvalue weighted by molar-refractivity contribution is -0.137. The van der Waals surface area contributed by atoms with Gasteiger partial charge in [0.15, 0.2) is 5.16 Å². The number of hydrogen-bond donors (Lipinski definition) is 1. The van der Waals surface area contributed by atoms with Crippen LogP contribution in [-0.2, 0) is 4.79 Å². The van der Waals surface area contributed by atoms with Crippen molar-refractivity contribution in [2.45, 2.75) is 30.4 Å². The molecule has 0 spiro atoms. The lowest BCUT2D eigenvalue weighted by Crippen LogP contribution is -2.38. The number of aromatic nitrogens is 3. The van der Waals surface area contributed by atoms with Gasteiger partial charge in [-0.15, -0.1) is 0 Å². The van der Waals surface area contributed by atoms with Gasteiger partial charge in [0, 0.05) is 6.20 Å². The van der Waals surface area contributed by atoms with E-state index in [4.69, 9.17) is 0 Å². The lowest BCUT2D eigenvalue weighted by atomic mass is 10.2. The molecule has 0 aliphatic heterocycles. The lowest BCUT2D eigenvalue weighted by Gasteiger charge is -2.16. The van der Waals surface area contributed by atoms with Crippen molar-refractivity contribution in [1.29, 1.82) is 0 Å². The van der Waals surface area contributed by atoms with E-state index in [1.807, 2.05) is 12.2 Å². The molecule has 0 fully saturated rings. The largest absolute Gasteiger partial charge is 0.405 e. The number of benzene rings is 1. The second kappa shape index (κ2) is 8.24. The molecule has 29 heavy (non-hydrogen) atoms. The molecule has 0 saturated heterocycles. The minimum Gasteiger partial charge on any atom is -0.346 e. The zero-order chi connectivity index (χ0) is 21.2. The number of aryl methyl sites for hydroxylation is 1. The molecule has 1 aromatic carbocycles. The molecule has 0 aliphatic rings. The molecule has 0 saturated carbocycles. The van der Waals surface area contributed by atoms with Crippen LogP contribution in [-0.4, -0.2) is 38.4 Å². The van der Waals surface area contributed by atoms with Gasteiger partial charge in [0.05, 0.1) is 16.2 Å². The average Bonchev–Trinajstić information content (AvgIpc) is 2.67. The van der Waals surface area contributed by atoms with Crippen molar-refractivity contribution >= 4 is 28.6 Å². The molecule has 3 aromatic rings. The third kappa shape index (κ3) is 4.94. The van der Waals surface area contributed by atoms with Gasteiger partial charge < -0.3 is 5.32 Å². The third-order valence-electron chi connectivity index (χ3n) is 3.98. The first kappa shape index (κ1) is 20.8. The highest BCUT2D eigenvalue weighted by Gasteiger charge is 2.29. The average molecular weight is 422 g/mol. The maximum absolute atomic E-state index is 13.1. The molecule has 1 N–H and O–H groups in total. The van der Waals surface area contributed by atoms with E-state index in [0.717, 1.165) is 17.3 Å². The zero-order valence-corrected chi connectivity index (χ0v) is 16.3. The summed E-state index contributed by atoms with van der Waals surface area (Å²) in [5, 5.41) is 1.47. The topological polar surface area (TPSA) is 76.9 Å².